The van der Waals surface area contributed by atoms with Gasteiger partial charge in [-0.05, 0) is 36.8 Å². The van der Waals surface area contributed by atoms with Gasteiger partial charge in [0.25, 0.3) is 0 Å². The highest BCUT2D eigenvalue weighted by Gasteiger charge is 2.17. The van der Waals surface area contributed by atoms with Gasteiger partial charge in [0.15, 0.2) is 0 Å². The summed E-state index contributed by atoms with van der Waals surface area (Å²) in [7, 11) is 1.31. The topological polar surface area (TPSA) is 89.0 Å². The molecular weight excluding hydrogens is 349 g/mol. The Morgan fingerprint density at radius 2 is 1.89 bits per heavy atom. The zero-order valence-electron chi connectivity index (χ0n) is 14.8. The first kappa shape index (κ1) is 18.2. The summed E-state index contributed by atoms with van der Waals surface area (Å²) in [5.74, 6) is 0.523. The Kier molecular flexibility index (Phi) is 5.55. The zero-order chi connectivity index (χ0) is 19.2. The van der Waals surface area contributed by atoms with Gasteiger partial charge in [0.05, 0.1) is 13.3 Å². The van der Waals surface area contributed by atoms with Crippen molar-refractivity contribution in [2.24, 2.45) is 0 Å². The quantitative estimate of drug-likeness (QED) is 0.642. The number of anilines is 3. The molecule has 0 aliphatic heterocycles. The average molecular weight is 367 g/mol. The van der Waals surface area contributed by atoms with Crippen LogP contribution in [0.15, 0.2) is 55.0 Å². The van der Waals surface area contributed by atoms with E-state index in [1.54, 1.807) is 42.9 Å². The number of nitrogens with one attached hydrogen (secondary N) is 2. The number of rotatable bonds is 6. The molecule has 3 rings (SSSR count). The highest BCUT2D eigenvalue weighted by atomic mass is 19.1. The van der Waals surface area contributed by atoms with E-state index in [9.17, 15) is 9.18 Å². The molecule has 0 amide bonds. The molecule has 0 bridgehead atoms. The van der Waals surface area contributed by atoms with Crippen LogP contribution in [0.4, 0.5) is 21.8 Å². The molecule has 0 aliphatic carbocycles. The molecule has 2 N–H and O–H groups in total. The van der Waals surface area contributed by atoms with Gasteiger partial charge in [0.2, 0.25) is 0 Å². The number of carbonyl (C=O) groups excluding carboxylic acids is 1. The Labute approximate surface area is 155 Å². The Bertz CT molecular complexity index is 919. The summed E-state index contributed by atoms with van der Waals surface area (Å²) in [4.78, 5) is 24.6. The minimum Gasteiger partial charge on any atom is -0.465 e. The second-order valence-electron chi connectivity index (χ2n) is 5.72. The molecule has 1 atom stereocenters. The van der Waals surface area contributed by atoms with Crippen LogP contribution in [-0.2, 0) is 4.74 Å². The van der Waals surface area contributed by atoms with E-state index >= 15 is 0 Å². The number of carbonyl (C=O) groups is 1. The predicted molar refractivity (Wildman–Crippen MR) is 99.3 cm³/mol. The highest BCUT2D eigenvalue weighted by Crippen LogP contribution is 2.24. The summed E-state index contributed by atoms with van der Waals surface area (Å²) in [6, 6.07) is 9.15. The van der Waals surface area contributed by atoms with Crippen molar-refractivity contribution < 1.29 is 13.9 Å². The SMILES string of the molecule is COC(=O)c1ccc(Nc2cnccn2)nc1N[C@@H](C)c1ccc(F)cc1. The molecule has 27 heavy (non-hydrogen) atoms. The van der Waals surface area contributed by atoms with Crippen molar-refractivity contribution in [2.75, 3.05) is 17.7 Å². The van der Waals surface area contributed by atoms with Crippen LogP contribution in [0.5, 0.6) is 0 Å². The van der Waals surface area contributed by atoms with Crippen LogP contribution in [0.2, 0.25) is 0 Å². The molecule has 0 radical (unpaired) electrons. The molecule has 0 saturated carbocycles. The summed E-state index contributed by atoms with van der Waals surface area (Å²) < 4.78 is 18.0. The van der Waals surface area contributed by atoms with Gasteiger partial charge >= 0.3 is 5.97 Å². The molecule has 0 aliphatic rings. The molecule has 0 spiro atoms. The number of aromatic nitrogens is 3. The van der Waals surface area contributed by atoms with E-state index in [1.807, 2.05) is 6.92 Å². The molecule has 0 fully saturated rings. The van der Waals surface area contributed by atoms with Gasteiger partial charge in [-0.3, -0.25) is 4.98 Å². The number of pyridine rings is 1. The summed E-state index contributed by atoms with van der Waals surface area (Å²) in [5, 5.41) is 6.20. The first-order valence-corrected chi connectivity index (χ1v) is 8.21. The van der Waals surface area contributed by atoms with E-state index < -0.39 is 5.97 Å². The van der Waals surface area contributed by atoms with Crippen molar-refractivity contribution in [1.82, 2.24) is 15.0 Å². The van der Waals surface area contributed by atoms with E-state index in [1.165, 1.54) is 19.2 Å². The number of halogens is 1. The second-order valence-corrected chi connectivity index (χ2v) is 5.72. The second kappa shape index (κ2) is 8.22. The van der Waals surface area contributed by atoms with E-state index in [0.29, 0.717) is 17.5 Å². The molecule has 7 nitrogen and oxygen atoms in total. The summed E-state index contributed by atoms with van der Waals surface area (Å²) in [5.41, 5.74) is 1.14. The van der Waals surface area contributed by atoms with Gasteiger partial charge in [0, 0.05) is 18.4 Å². The average Bonchev–Trinajstić information content (AvgIpc) is 2.69. The van der Waals surface area contributed by atoms with Crippen LogP contribution in [0.25, 0.3) is 0 Å². The van der Waals surface area contributed by atoms with E-state index in [2.05, 4.69) is 25.6 Å². The van der Waals surface area contributed by atoms with Gasteiger partial charge in [-0.15, -0.1) is 0 Å². The Morgan fingerprint density at radius 1 is 1.11 bits per heavy atom. The largest absolute Gasteiger partial charge is 0.465 e. The van der Waals surface area contributed by atoms with Crippen molar-refractivity contribution >= 4 is 23.4 Å². The maximum absolute atomic E-state index is 13.1. The molecule has 1 aromatic carbocycles. The summed E-state index contributed by atoms with van der Waals surface area (Å²) in [6.07, 6.45) is 4.68. The number of methoxy groups -OCH3 is 1. The molecule has 3 aromatic rings. The van der Waals surface area contributed by atoms with Crippen molar-refractivity contribution in [3.05, 3.63) is 71.9 Å². The fraction of sp³-hybridized carbons (Fsp3) is 0.158. The molecule has 0 saturated heterocycles. The highest BCUT2D eigenvalue weighted by molar-refractivity contribution is 5.95. The van der Waals surface area contributed by atoms with Gasteiger partial charge in [-0.2, -0.15) is 0 Å². The molecule has 0 unspecified atom stereocenters. The van der Waals surface area contributed by atoms with Crippen LogP contribution < -0.4 is 10.6 Å². The summed E-state index contributed by atoms with van der Waals surface area (Å²) in [6.45, 7) is 1.89. The van der Waals surface area contributed by atoms with Crippen molar-refractivity contribution in [3.8, 4) is 0 Å². The molecular formula is C19H18FN5O2. The lowest BCUT2D eigenvalue weighted by Crippen LogP contribution is -2.14. The number of hydrogen-bond donors (Lipinski definition) is 2. The minimum absolute atomic E-state index is 0.215. The van der Waals surface area contributed by atoms with E-state index in [0.717, 1.165) is 5.56 Å². The van der Waals surface area contributed by atoms with Crippen LogP contribution in [-0.4, -0.2) is 28.0 Å². The molecule has 2 aromatic heterocycles. The Hall–Kier alpha value is -3.55. The third-order valence-corrected chi connectivity index (χ3v) is 3.84. The fourth-order valence-electron chi connectivity index (χ4n) is 2.45. The maximum Gasteiger partial charge on any atom is 0.341 e. The smallest absolute Gasteiger partial charge is 0.341 e. The third kappa shape index (κ3) is 4.55. The van der Waals surface area contributed by atoms with Gasteiger partial charge in [-0.25, -0.2) is 19.2 Å². The van der Waals surface area contributed by atoms with Crippen molar-refractivity contribution in [2.45, 2.75) is 13.0 Å². The van der Waals surface area contributed by atoms with E-state index in [-0.39, 0.29) is 17.4 Å². The minimum atomic E-state index is -0.512. The lowest BCUT2D eigenvalue weighted by atomic mass is 10.1. The standard InChI is InChI=1S/C19H18FN5O2/c1-12(13-3-5-14(20)6-4-13)23-18-15(19(26)27-2)7-8-16(25-18)24-17-11-21-9-10-22-17/h3-12H,1-2H3,(H2,22,23,24,25)/t12-/m0/s1. The monoisotopic (exact) mass is 367 g/mol. The van der Waals surface area contributed by atoms with Gasteiger partial charge in [0.1, 0.15) is 28.8 Å². The normalized spacial score (nSPS) is 11.5. The number of benzene rings is 1. The third-order valence-electron chi connectivity index (χ3n) is 3.84. The van der Waals surface area contributed by atoms with Gasteiger partial charge in [-0.1, -0.05) is 12.1 Å². The summed E-state index contributed by atoms with van der Waals surface area (Å²) >= 11 is 0. The van der Waals surface area contributed by atoms with Crippen molar-refractivity contribution in [3.63, 3.8) is 0 Å². The van der Waals surface area contributed by atoms with Gasteiger partial charge < -0.3 is 15.4 Å². The molecule has 138 valence electrons. The Morgan fingerprint density at radius 3 is 2.56 bits per heavy atom. The number of ether oxygens (including phenoxy) is 1. The first-order valence-electron chi connectivity index (χ1n) is 8.21. The zero-order valence-corrected chi connectivity index (χ0v) is 14.8. The van der Waals surface area contributed by atoms with Crippen LogP contribution in [0, 0.1) is 5.82 Å². The predicted octanol–water partition coefficient (Wildman–Crippen LogP) is 3.71. The number of nitrogens with zero attached hydrogens (tertiary/aromatic N) is 3. The van der Waals surface area contributed by atoms with Crippen LogP contribution in [0.3, 0.4) is 0 Å². The number of esters is 1. The first-order chi connectivity index (χ1) is 13.1. The number of hydrogen-bond acceptors (Lipinski definition) is 7. The lowest BCUT2D eigenvalue weighted by Gasteiger charge is -2.18. The Balaban J connectivity index is 1.88. The fourth-order valence-corrected chi connectivity index (χ4v) is 2.45. The van der Waals surface area contributed by atoms with Crippen LogP contribution >= 0.6 is 0 Å². The molecule has 8 heteroatoms. The van der Waals surface area contributed by atoms with Crippen LogP contribution in [0.1, 0.15) is 28.9 Å². The maximum atomic E-state index is 13.1. The van der Waals surface area contributed by atoms with E-state index in [4.69, 9.17) is 4.74 Å². The van der Waals surface area contributed by atoms with Crippen molar-refractivity contribution in [1.29, 1.82) is 0 Å². The lowest BCUT2D eigenvalue weighted by molar-refractivity contribution is 0.0601. The molecule has 2 heterocycles.